The van der Waals surface area contributed by atoms with E-state index in [2.05, 4.69) is 14.6 Å². The van der Waals surface area contributed by atoms with Gasteiger partial charge in [0.05, 0.1) is 18.6 Å². The number of imidazole rings is 1. The van der Waals surface area contributed by atoms with Gasteiger partial charge in [0.2, 0.25) is 5.91 Å². The molecule has 1 atom stereocenters. The van der Waals surface area contributed by atoms with E-state index >= 15 is 0 Å². The second-order valence-corrected chi connectivity index (χ2v) is 5.68. The number of piperidine rings is 1. The van der Waals surface area contributed by atoms with Gasteiger partial charge in [0.15, 0.2) is 0 Å². The lowest BCUT2D eigenvalue weighted by molar-refractivity contribution is -0.133. The first kappa shape index (κ1) is 13.9. The molecule has 0 N–H and O–H groups in total. The quantitative estimate of drug-likeness (QED) is 0.859. The van der Waals surface area contributed by atoms with E-state index in [0.29, 0.717) is 19.0 Å². The largest absolute Gasteiger partial charge is 0.341 e. The van der Waals surface area contributed by atoms with Crippen molar-refractivity contribution in [2.45, 2.75) is 38.8 Å². The molecule has 6 heteroatoms. The van der Waals surface area contributed by atoms with Crippen LogP contribution >= 0.6 is 0 Å². The van der Waals surface area contributed by atoms with Crippen molar-refractivity contribution in [1.82, 2.24) is 24.2 Å². The lowest BCUT2D eigenvalue weighted by Gasteiger charge is -2.33. The van der Waals surface area contributed by atoms with Gasteiger partial charge in [-0.25, -0.2) is 4.98 Å². The number of carbonyl (C=O) groups excluding carboxylic acids is 1. The van der Waals surface area contributed by atoms with Crippen molar-refractivity contribution in [2.75, 3.05) is 13.1 Å². The normalized spacial score (nSPS) is 18.9. The number of amides is 1. The van der Waals surface area contributed by atoms with Crippen molar-refractivity contribution >= 4 is 5.91 Å². The third-order valence-electron chi connectivity index (χ3n) is 4.01. The number of rotatable bonds is 4. The summed E-state index contributed by atoms with van der Waals surface area (Å²) in [5.41, 5.74) is 1.13. The second kappa shape index (κ2) is 6.11. The number of nitrogens with zero attached hydrogens (tertiary/aromatic N) is 5. The maximum Gasteiger partial charge on any atom is 0.224 e. The van der Waals surface area contributed by atoms with E-state index in [1.54, 1.807) is 6.20 Å². The third-order valence-corrected chi connectivity index (χ3v) is 4.01. The smallest absolute Gasteiger partial charge is 0.224 e. The molecule has 0 saturated carbocycles. The average molecular weight is 287 g/mol. The Morgan fingerprint density at radius 3 is 3.10 bits per heavy atom. The molecule has 2 aromatic heterocycles. The Bertz CT molecular complexity index is 589. The number of hydrogen-bond donors (Lipinski definition) is 0. The average Bonchev–Trinajstić information content (AvgIpc) is 3.16. The first-order valence-corrected chi connectivity index (χ1v) is 7.46. The van der Waals surface area contributed by atoms with Crippen LogP contribution in [-0.4, -0.2) is 43.2 Å². The maximum absolute atomic E-state index is 12.4. The van der Waals surface area contributed by atoms with E-state index in [1.807, 2.05) is 41.4 Å². The van der Waals surface area contributed by atoms with Gasteiger partial charge >= 0.3 is 0 Å². The molecule has 1 amide bonds. The molecule has 0 aliphatic carbocycles. The number of likely N-dealkylation sites (tertiary alicyclic amines) is 1. The minimum absolute atomic E-state index is 0.216. The molecule has 3 rings (SSSR count). The van der Waals surface area contributed by atoms with Crippen molar-refractivity contribution in [2.24, 2.45) is 0 Å². The SMILES string of the molecule is Cc1cnn(CCC(=O)N2CCC[C@@H](n3ccnc3)C2)c1. The zero-order valence-corrected chi connectivity index (χ0v) is 12.4. The topological polar surface area (TPSA) is 56.0 Å². The molecular weight excluding hydrogens is 266 g/mol. The lowest BCUT2D eigenvalue weighted by atomic mass is 10.1. The molecule has 0 spiro atoms. The van der Waals surface area contributed by atoms with Gasteiger partial charge < -0.3 is 9.47 Å². The number of aromatic nitrogens is 4. The minimum atomic E-state index is 0.216. The summed E-state index contributed by atoms with van der Waals surface area (Å²) >= 11 is 0. The zero-order chi connectivity index (χ0) is 14.7. The summed E-state index contributed by atoms with van der Waals surface area (Å²) in [4.78, 5) is 18.4. The van der Waals surface area contributed by atoms with Crippen LogP contribution in [0.15, 0.2) is 31.1 Å². The summed E-state index contributed by atoms with van der Waals surface area (Å²) in [6, 6.07) is 0.358. The van der Waals surface area contributed by atoms with Crippen LogP contribution in [0.1, 0.15) is 30.9 Å². The van der Waals surface area contributed by atoms with Gasteiger partial charge in [-0.15, -0.1) is 0 Å². The van der Waals surface area contributed by atoms with E-state index in [4.69, 9.17) is 0 Å². The molecule has 1 aliphatic heterocycles. The highest BCUT2D eigenvalue weighted by Crippen LogP contribution is 2.21. The summed E-state index contributed by atoms with van der Waals surface area (Å²) in [5.74, 6) is 0.216. The van der Waals surface area contributed by atoms with E-state index in [0.717, 1.165) is 31.5 Å². The molecule has 0 radical (unpaired) electrons. The fourth-order valence-corrected chi connectivity index (χ4v) is 2.87. The Kier molecular flexibility index (Phi) is 4.03. The van der Waals surface area contributed by atoms with Crippen LogP contribution in [0.5, 0.6) is 0 Å². The van der Waals surface area contributed by atoms with Crippen LogP contribution in [0.3, 0.4) is 0 Å². The van der Waals surface area contributed by atoms with Gasteiger partial charge in [0.25, 0.3) is 0 Å². The Morgan fingerprint density at radius 2 is 2.38 bits per heavy atom. The van der Waals surface area contributed by atoms with Crippen LogP contribution in [-0.2, 0) is 11.3 Å². The standard InChI is InChI=1S/C15H21N5O/c1-13-9-17-20(10-13)7-4-15(21)18-6-2-3-14(11-18)19-8-5-16-12-19/h5,8-10,12,14H,2-4,6-7,11H2,1H3/t14-/m1/s1. The Hall–Kier alpha value is -2.11. The second-order valence-electron chi connectivity index (χ2n) is 5.68. The van der Waals surface area contributed by atoms with E-state index in [9.17, 15) is 4.79 Å². The van der Waals surface area contributed by atoms with E-state index in [1.165, 1.54) is 0 Å². The van der Waals surface area contributed by atoms with Gasteiger partial charge in [-0.05, 0) is 25.3 Å². The summed E-state index contributed by atoms with van der Waals surface area (Å²) in [7, 11) is 0. The summed E-state index contributed by atoms with van der Waals surface area (Å²) in [5, 5.41) is 4.22. The van der Waals surface area contributed by atoms with Crippen molar-refractivity contribution in [3.05, 3.63) is 36.7 Å². The summed E-state index contributed by atoms with van der Waals surface area (Å²) < 4.78 is 3.95. The highest BCUT2D eigenvalue weighted by atomic mass is 16.2. The van der Waals surface area contributed by atoms with E-state index in [-0.39, 0.29) is 5.91 Å². The maximum atomic E-state index is 12.4. The lowest BCUT2D eigenvalue weighted by Crippen LogP contribution is -2.40. The Labute approximate surface area is 124 Å². The highest BCUT2D eigenvalue weighted by molar-refractivity contribution is 5.76. The van der Waals surface area contributed by atoms with Crippen LogP contribution < -0.4 is 0 Å². The molecule has 1 fully saturated rings. The fraction of sp³-hybridized carbons (Fsp3) is 0.533. The van der Waals surface area contributed by atoms with Crippen molar-refractivity contribution in [3.8, 4) is 0 Å². The molecule has 2 aromatic rings. The molecule has 1 saturated heterocycles. The first-order valence-electron chi connectivity index (χ1n) is 7.46. The zero-order valence-electron chi connectivity index (χ0n) is 12.4. The van der Waals surface area contributed by atoms with Gasteiger partial charge in [0, 0.05) is 44.6 Å². The number of aryl methyl sites for hydroxylation is 2. The highest BCUT2D eigenvalue weighted by Gasteiger charge is 2.24. The molecule has 6 nitrogen and oxygen atoms in total. The van der Waals surface area contributed by atoms with Crippen LogP contribution in [0.25, 0.3) is 0 Å². The molecule has 1 aliphatic rings. The summed E-state index contributed by atoms with van der Waals surface area (Å²) in [6.45, 7) is 4.31. The fourth-order valence-electron chi connectivity index (χ4n) is 2.87. The molecule has 0 unspecified atom stereocenters. The van der Waals surface area contributed by atoms with E-state index < -0.39 is 0 Å². The molecular formula is C15H21N5O. The Balaban J connectivity index is 1.54. The van der Waals surface area contributed by atoms with Gasteiger partial charge in [-0.2, -0.15) is 5.10 Å². The van der Waals surface area contributed by atoms with Crippen LogP contribution in [0.2, 0.25) is 0 Å². The van der Waals surface area contributed by atoms with Gasteiger partial charge in [0.1, 0.15) is 0 Å². The number of hydrogen-bond acceptors (Lipinski definition) is 3. The van der Waals surface area contributed by atoms with Crippen molar-refractivity contribution < 1.29 is 4.79 Å². The monoisotopic (exact) mass is 287 g/mol. The predicted molar refractivity (Wildman–Crippen MR) is 78.7 cm³/mol. The molecule has 0 bridgehead atoms. The number of carbonyl (C=O) groups is 1. The third kappa shape index (κ3) is 3.32. The van der Waals surface area contributed by atoms with Crippen molar-refractivity contribution in [1.29, 1.82) is 0 Å². The molecule has 3 heterocycles. The Morgan fingerprint density at radius 1 is 1.48 bits per heavy atom. The predicted octanol–water partition coefficient (Wildman–Crippen LogP) is 1.64. The molecule has 112 valence electrons. The van der Waals surface area contributed by atoms with Crippen LogP contribution in [0, 0.1) is 6.92 Å². The first-order chi connectivity index (χ1) is 10.2. The molecule has 0 aromatic carbocycles. The van der Waals surface area contributed by atoms with Gasteiger partial charge in [-0.1, -0.05) is 0 Å². The van der Waals surface area contributed by atoms with Gasteiger partial charge in [-0.3, -0.25) is 9.48 Å². The van der Waals surface area contributed by atoms with Crippen LogP contribution in [0.4, 0.5) is 0 Å². The van der Waals surface area contributed by atoms with Crippen molar-refractivity contribution in [3.63, 3.8) is 0 Å². The molecule has 21 heavy (non-hydrogen) atoms. The minimum Gasteiger partial charge on any atom is -0.341 e. The summed E-state index contributed by atoms with van der Waals surface area (Å²) in [6.07, 6.45) is 12.1.